The third-order valence-corrected chi connectivity index (χ3v) is 5.44. The van der Waals surface area contributed by atoms with E-state index in [2.05, 4.69) is 34.6 Å². The van der Waals surface area contributed by atoms with Crippen LogP contribution in [-0.2, 0) is 9.53 Å². The maximum Gasteiger partial charge on any atom is 0.407 e. The molecule has 2 aromatic carbocycles. The Balaban J connectivity index is 1.40. The Morgan fingerprint density at radius 1 is 0.967 bits per heavy atom. The van der Waals surface area contributed by atoms with E-state index >= 15 is 0 Å². The van der Waals surface area contributed by atoms with Crippen LogP contribution in [0.4, 0.5) is 4.79 Å². The van der Waals surface area contributed by atoms with Gasteiger partial charge in [0.05, 0.1) is 6.42 Å². The number of nitrogens with one attached hydrogen (secondary N) is 1. The molecule has 2 N–H and O–H groups in total. The fourth-order valence-corrected chi connectivity index (χ4v) is 4.01. The number of benzene rings is 2. The molecule has 1 aliphatic rings. The number of carbonyl (C=O) groups is 2. The topological polar surface area (TPSA) is 88.5 Å². The molecule has 0 aliphatic heterocycles. The molecule has 30 heavy (non-hydrogen) atoms. The fraction of sp³-hybridized carbons (Fsp3) is 0.208. The Morgan fingerprint density at radius 2 is 1.57 bits per heavy atom. The van der Waals surface area contributed by atoms with E-state index in [1.807, 2.05) is 24.3 Å². The van der Waals surface area contributed by atoms with Crippen LogP contribution in [0.15, 0.2) is 73.1 Å². The number of ether oxygens (including phenoxy) is 1. The Morgan fingerprint density at radius 3 is 2.17 bits per heavy atom. The van der Waals surface area contributed by atoms with Gasteiger partial charge < -0.3 is 15.2 Å². The number of rotatable bonds is 7. The van der Waals surface area contributed by atoms with Crippen LogP contribution in [0.5, 0.6) is 0 Å². The summed E-state index contributed by atoms with van der Waals surface area (Å²) in [5.41, 5.74) is 5.44. The van der Waals surface area contributed by atoms with Crippen LogP contribution in [-0.4, -0.2) is 35.3 Å². The summed E-state index contributed by atoms with van der Waals surface area (Å²) < 4.78 is 5.52. The van der Waals surface area contributed by atoms with Crippen LogP contribution in [0, 0.1) is 0 Å². The van der Waals surface area contributed by atoms with Gasteiger partial charge in [0, 0.05) is 30.8 Å². The van der Waals surface area contributed by atoms with Gasteiger partial charge in [0.25, 0.3) is 0 Å². The number of aromatic nitrogens is 1. The highest BCUT2D eigenvalue weighted by Crippen LogP contribution is 2.44. The Kier molecular flexibility index (Phi) is 5.75. The maximum absolute atomic E-state index is 12.4. The van der Waals surface area contributed by atoms with Gasteiger partial charge in [0.15, 0.2) is 0 Å². The molecule has 0 saturated heterocycles. The van der Waals surface area contributed by atoms with E-state index in [1.54, 1.807) is 24.5 Å². The molecule has 6 nitrogen and oxygen atoms in total. The van der Waals surface area contributed by atoms with E-state index in [1.165, 1.54) is 11.1 Å². The first kappa shape index (κ1) is 19.6. The predicted octanol–water partition coefficient (Wildman–Crippen LogP) is 4.18. The van der Waals surface area contributed by atoms with Gasteiger partial charge in [0.1, 0.15) is 6.61 Å². The molecule has 1 heterocycles. The minimum Gasteiger partial charge on any atom is -0.481 e. The number of amides is 1. The normalized spacial score (nSPS) is 13.2. The first-order valence-corrected chi connectivity index (χ1v) is 9.84. The molecule has 0 saturated carbocycles. The molecule has 3 aromatic rings. The van der Waals surface area contributed by atoms with Gasteiger partial charge in [-0.2, -0.15) is 0 Å². The monoisotopic (exact) mass is 402 g/mol. The second-order valence-electron chi connectivity index (χ2n) is 7.28. The number of carboxylic acid groups (broad SMARTS) is 1. The summed E-state index contributed by atoms with van der Waals surface area (Å²) in [6, 6.07) is 19.8. The second kappa shape index (κ2) is 8.78. The molecule has 1 aromatic heterocycles. The average Bonchev–Trinajstić information content (AvgIpc) is 3.09. The number of aliphatic carboxylic acids is 1. The van der Waals surface area contributed by atoms with E-state index in [0.29, 0.717) is 0 Å². The number of pyridine rings is 1. The summed E-state index contributed by atoms with van der Waals surface area (Å²) in [6.45, 7) is 0.395. The zero-order chi connectivity index (χ0) is 20.9. The molecule has 1 amide bonds. The van der Waals surface area contributed by atoms with E-state index in [-0.39, 0.29) is 31.4 Å². The lowest BCUT2D eigenvalue weighted by Crippen LogP contribution is -2.31. The molecule has 4 rings (SSSR count). The van der Waals surface area contributed by atoms with Crippen molar-refractivity contribution >= 4 is 12.1 Å². The van der Waals surface area contributed by atoms with Gasteiger partial charge in [-0.1, -0.05) is 48.5 Å². The molecule has 152 valence electrons. The van der Waals surface area contributed by atoms with Crippen LogP contribution in [0.3, 0.4) is 0 Å². The summed E-state index contributed by atoms with van der Waals surface area (Å²) in [7, 11) is 0. The average molecular weight is 402 g/mol. The number of carbonyl (C=O) groups excluding carboxylic acids is 1. The second-order valence-corrected chi connectivity index (χ2v) is 7.28. The van der Waals surface area contributed by atoms with Crippen molar-refractivity contribution in [1.82, 2.24) is 10.3 Å². The molecule has 0 fully saturated rings. The fourth-order valence-electron chi connectivity index (χ4n) is 4.01. The maximum atomic E-state index is 12.4. The number of fused-ring (bicyclic) bond motifs is 3. The highest BCUT2D eigenvalue weighted by atomic mass is 16.5. The van der Waals surface area contributed by atoms with Crippen molar-refractivity contribution in [2.24, 2.45) is 0 Å². The van der Waals surface area contributed by atoms with E-state index in [4.69, 9.17) is 4.74 Å². The van der Waals surface area contributed by atoms with Crippen molar-refractivity contribution in [2.45, 2.75) is 18.3 Å². The number of hydrogen-bond donors (Lipinski definition) is 2. The Labute approximate surface area is 174 Å². The SMILES string of the molecule is O=C(O)CC(CNC(=O)OCC1c2ccccc2-c2ccccc21)c1ccncc1. The minimum atomic E-state index is -0.925. The zero-order valence-electron chi connectivity index (χ0n) is 16.3. The van der Waals surface area contributed by atoms with Gasteiger partial charge in [-0.05, 0) is 39.9 Å². The lowest BCUT2D eigenvalue weighted by Gasteiger charge is -2.18. The zero-order valence-corrected chi connectivity index (χ0v) is 16.3. The first-order chi connectivity index (χ1) is 14.6. The molecule has 1 unspecified atom stereocenters. The van der Waals surface area contributed by atoms with Crippen molar-refractivity contribution < 1.29 is 19.4 Å². The number of carboxylic acids is 1. The molecule has 1 aliphatic carbocycles. The van der Waals surface area contributed by atoms with Crippen molar-refractivity contribution in [2.75, 3.05) is 13.2 Å². The summed E-state index contributed by atoms with van der Waals surface area (Å²) in [6.07, 6.45) is 2.57. The number of nitrogens with zero attached hydrogens (tertiary/aromatic N) is 1. The smallest absolute Gasteiger partial charge is 0.407 e. The largest absolute Gasteiger partial charge is 0.481 e. The van der Waals surface area contributed by atoms with Gasteiger partial charge in [0.2, 0.25) is 0 Å². The highest BCUT2D eigenvalue weighted by molar-refractivity contribution is 5.79. The molecular weight excluding hydrogens is 380 g/mol. The van der Waals surface area contributed by atoms with Crippen LogP contribution < -0.4 is 5.32 Å². The standard InChI is InChI=1S/C24H22N2O4/c27-23(28)13-17(16-9-11-25-12-10-16)14-26-24(29)30-15-22-20-7-3-1-5-18(20)19-6-2-4-8-21(19)22/h1-12,17,22H,13-15H2,(H,26,29)(H,27,28). The van der Waals surface area contributed by atoms with Gasteiger partial charge in [-0.25, -0.2) is 4.79 Å². The van der Waals surface area contributed by atoms with Crippen LogP contribution in [0.2, 0.25) is 0 Å². The number of alkyl carbamates (subject to hydrolysis) is 1. The highest BCUT2D eigenvalue weighted by Gasteiger charge is 2.29. The van der Waals surface area contributed by atoms with Crippen LogP contribution in [0.1, 0.15) is 34.9 Å². The quantitative estimate of drug-likeness (QED) is 0.619. The van der Waals surface area contributed by atoms with Crippen LogP contribution in [0.25, 0.3) is 11.1 Å². The van der Waals surface area contributed by atoms with Gasteiger partial charge in [-0.3, -0.25) is 9.78 Å². The summed E-state index contributed by atoms with van der Waals surface area (Å²) in [5, 5.41) is 11.9. The predicted molar refractivity (Wildman–Crippen MR) is 112 cm³/mol. The Bertz CT molecular complexity index is 1010. The number of hydrogen-bond acceptors (Lipinski definition) is 4. The molecule has 1 atom stereocenters. The molecular formula is C24H22N2O4. The molecule has 0 spiro atoms. The lowest BCUT2D eigenvalue weighted by atomic mass is 9.97. The van der Waals surface area contributed by atoms with Crippen molar-refractivity contribution in [3.63, 3.8) is 0 Å². The first-order valence-electron chi connectivity index (χ1n) is 9.84. The van der Waals surface area contributed by atoms with Gasteiger partial charge >= 0.3 is 12.1 Å². The van der Waals surface area contributed by atoms with Crippen LogP contribution >= 0.6 is 0 Å². The van der Waals surface area contributed by atoms with E-state index in [9.17, 15) is 14.7 Å². The third-order valence-electron chi connectivity index (χ3n) is 5.44. The van der Waals surface area contributed by atoms with Gasteiger partial charge in [-0.15, -0.1) is 0 Å². The molecule has 6 heteroatoms. The third kappa shape index (κ3) is 4.17. The lowest BCUT2D eigenvalue weighted by molar-refractivity contribution is -0.137. The summed E-state index contributed by atoms with van der Waals surface area (Å²) >= 11 is 0. The van der Waals surface area contributed by atoms with Crippen molar-refractivity contribution in [3.05, 3.63) is 89.7 Å². The Hall–Kier alpha value is -3.67. The van der Waals surface area contributed by atoms with Crippen molar-refractivity contribution in [1.29, 1.82) is 0 Å². The van der Waals surface area contributed by atoms with E-state index < -0.39 is 12.1 Å². The minimum absolute atomic E-state index is 0.0156. The van der Waals surface area contributed by atoms with E-state index in [0.717, 1.165) is 16.7 Å². The summed E-state index contributed by atoms with van der Waals surface area (Å²) in [4.78, 5) is 27.5. The van der Waals surface area contributed by atoms with Crippen molar-refractivity contribution in [3.8, 4) is 11.1 Å². The summed E-state index contributed by atoms with van der Waals surface area (Å²) in [5.74, 6) is -1.30. The molecule has 0 bridgehead atoms. The molecule has 0 radical (unpaired) electrons.